The quantitative estimate of drug-likeness (QED) is 0.179. The van der Waals surface area contributed by atoms with Gasteiger partial charge in [0.1, 0.15) is 11.2 Å². The van der Waals surface area contributed by atoms with E-state index in [4.69, 9.17) is 24.4 Å². The maximum Gasteiger partial charge on any atom is 0.195 e. The zero-order chi connectivity index (χ0) is 34.9. The Bertz CT molecular complexity index is 3160. The van der Waals surface area contributed by atoms with Gasteiger partial charge in [0.05, 0.1) is 21.3 Å². The Morgan fingerprint density at radius 3 is 2.00 bits per heavy atom. The zero-order valence-corrected chi connectivity index (χ0v) is 29.0. The SMILES string of the molecule is c1ccc(-c2nc(-c3cccc(-c4ccc5c(c4)oc4ccccc45)c3)nc(-c3cccc4c3c3ccccc3n4-c3nc4ccccc4s3)n2)cc1. The van der Waals surface area contributed by atoms with E-state index in [1.165, 1.54) is 0 Å². The minimum Gasteiger partial charge on any atom is -0.456 e. The van der Waals surface area contributed by atoms with Crippen molar-refractivity contribution < 1.29 is 4.42 Å². The number of aromatic nitrogens is 5. The van der Waals surface area contributed by atoms with E-state index in [0.29, 0.717) is 17.5 Å². The number of fused-ring (bicyclic) bond motifs is 7. The normalized spacial score (nSPS) is 11.8. The van der Waals surface area contributed by atoms with Gasteiger partial charge in [0.15, 0.2) is 22.6 Å². The molecule has 0 aliphatic rings. The average Bonchev–Trinajstić information content (AvgIpc) is 3.92. The number of thiazole rings is 1. The van der Waals surface area contributed by atoms with Gasteiger partial charge in [-0.2, -0.15) is 0 Å². The van der Waals surface area contributed by atoms with E-state index >= 15 is 0 Å². The lowest BCUT2D eigenvalue weighted by molar-refractivity contribution is 0.669. The minimum atomic E-state index is 0.604. The molecule has 0 unspecified atom stereocenters. The van der Waals surface area contributed by atoms with Crippen LogP contribution in [0.5, 0.6) is 0 Å². The first kappa shape index (κ1) is 29.7. The van der Waals surface area contributed by atoms with Crippen LogP contribution in [0, 0.1) is 0 Å². The standard InChI is InChI=1S/C46H27N5OS/c1-2-12-28(13-3-1)43-48-44(31-15-10-14-29(26-31)30-24-25-33-32-16-5-8-22-39(32)52-40(33)27-30)50-45(49-43)35-18-11-21-38-42(35)34-17-4-7-20-37(34)51(38)46-47-36-19-6-9-23-41(36)53-46/h1-27H. The molecule has 7 heteroatoms. The minimum absolute atomic E-state index is 0.604. The Morgan fingerprint density at radius 2 is 1.09 bits per heavy atom. The van der Waals surface area contributed by atoms with E-state index in [2.05, 4.69) is 114 Å². The largest absolute Gasteiger partial charge is 0.456 e. The Kier molecular flexibility index (Phi) is 6.62. The summed E-state index contributed by atoms with van der Waals surface area (Å²) in [6.45, 7) is 0. The van der Waals surface area contributed by atoms with Crippen molar-refractivity contribution in [3.63, 3.8) is 0 Å². The van der Waals surface area contributed by atoms with Crippen LogP contribution in [0.4, 0.5) is 0 Å². The van der Waals surface area contributed by atoms with Crippen molar-refractivity contribution in [3.8, 4) is 50.4 Å². The number of para-hydroxylation sites is 3. The first-order valence-electron chi connectivity index (χ1n) is 17.5. The summed E-state index contributed by atoms with van der Waals surface area (Å²) in [6.07, 6.45) is 0. The Morgan fingerprint density at radius 1 is 0.434 bits per heavy atom. The fourth-order valence-corrected chi connectivity index (χ4v) is 8.45. The third-order valence-electron chi connectivity index (χ3n) is 9.91. The van der Waals surface area contributed by atoms with Crippen molar-refractivity contribution in [2.45, 2.75) is 0 Å². The van der Waals surface area contributed by atoms with E-state index in [1.54, 1.807) is 11.3 Å². The monoisotopic (exact) mass is 697 g/mol. The predicted molar refractivity (Wildman–Crippen MR) is 216 cm³/mol. The zero-order valence-electron chi connectivity index (χ0n) is 28.1. The van der Waals surface area contributed by atoms with Crippen molar-refractivity contribution in [1.82, 2.24) is 24.5 Å². The smallest absolute Gasteiger partial charge is 0.195 e. The number of furan rings is 1. The summed E-state index contributed by atoms with van der Waals surface area (Å²) in [4.78, 5) is 20.5. The lowest BCUT2D eigenvalue weighted by Gasteiger charge is -2.11. The lowest BCUT2D eigenvalue weighted by Crippen LogP contribution is -2.00. The van der Waals surface area contributed by atoms with Crippen molar-refractivity contribution in [1.29, 1.82) is 0 Å². The van der Waals surface area contributed by atoms with Gasteiger partial charge in [-0.1, -0.05) is 127 Å². The first-order valence-corrected chi connectivity index (χ1v) is 18.3. The fraction of sp³-hybridized carbons (Fsp3) is 0. The topological polar surface area (TPSA) is 69.6 Å². The molecule has 0 amide bonds. The maximum absolute atomic E-state index is 6.23. The van der Waals surface area contributed by atoms with E-state index in [0.717, 1.165) is 86.9 Å². The molecule has 0 N–H and O–H groups in total. The highest BCUT2D eigenvalue weighted by atomic mass is 32.1. The summed E-state index contributed by atoms with van der Waals surface area (Å²) in [5.41, 5.74) is 9.74. The van der Waals surface area contributed by atoms with Crippen LogP contribution in [-0.2, 0) is 0 Å². The van der Waals surface area contributed by atoms with Crippen molar-refractivity contribution in [2.75, 3.05) is 0 Å². The van der Waals surface area contributed by atoms with Gasteiger partial charge in [-0.05, 0) is 59.7 Å². The summed E-state index contributed by atoms with van der Waals surface area (Å²) in [5, 5.41) is 5.34. The third kappa shape index (κ3) is 4.86. The van der Waals surface area contributed by atoms with Gasteiger partial charge in [-0.3, -0.25) is 4.57 Å². The van der Waals surface area contributed by atoms with Crippen LogP contribution < -0.4 is 0 Å². The predicted octanol–water partition coefficient (Wildman–Crippen LogP) is 12.1. The molecule has 0 bridgehead atoms. The van der Waals surface area contributed by atoms with Crippen molar-refractivity contribution in [2.24, 2.45) is 0 Å². The highest BCUT2D eigenvalue weighted by Crippen LogP contribution is 2.40. The van der Waals surface area contributed by atoms with Gasteiger partial charge >= 0.3 is 0 Å². The molecular formula is C46H27N5OS. The summed E-state index contributed by atoms with van der Waals surface area (Å²) in [5.74, 6) is 1.83. The summed E-state index contributed by atoms with van der Waals surface area (Å²) in [7, 11) is 0. The van der Waals surface area contributed by atoms with Crippen molar-refractivity contribution in [3.05, 3.63) is 164 Å². The molecule has 0 saturated carbocycles. The molecule has 11 aromatic rings. The second kappa shape index (κ2) is 11.8. The molecule has 6 nitrogen and oxygen atoms in total. The molecule has 53 heavy (non-hydrogen) atoms. The van der Waals surface area contributed by atoms with Gasteiger partial charge in [0.25, 0.3) is 0 Å². The van der Waals surface area contributed by atoms with E-state index < -0.39 is 0 Å². The molecule has 7 aromatic carbocycles. The van der Waals surface area contributed by atoms with Crippen LogP contribution in [0.25, 0.3) is 104 Å². The number of hydrogen-bond acceptors (Lipinski definition) is 6. The fourth-order valence-electron chi connectivity index (χ4n) is 7.45. The number of hydrogen-bond donors (Lipinski definition) is 0. The summed E-state index contributed by atoms with van der Waals surface area (Å²) in [6, 6.07) is 56.2. The van der Waals surface area contributed by atoms with E-state index in [9.17, 15) is 0 Å². The molecule has 0 fully saturated rings. The van der Waals surface area contributed by atoms with Crippen LogP contribution in [0.1, 0.15) is 0 Å². The molecule has 11 rings (SSSR count). The van der Waals surface area contributed by atoms with Gasteiger partial charge in [-0.25, -0.2) is 19.9 Å². The highest BCUT2D eigenvalue weighted by Gasteiger charge is 2.21. The van der Waals surface area contributed by atoms with Crippen LogP contribution in [-0.4, -0.2) is 24.5 Å². The summed E-state index contributed by atoms with van der Waals surface area (Å²) < 4.78 is 9.65. The molecule has 0 radical (unpaired) electrons. The molecule has 0 spiro atoms. The van der Waals surface area contributed by atoms with Gasteiger partial charge < -0.3 is 4.42 Å². The second-order valence-electron chi connectivity index (χ2n) is 13.1. The van der Waals surface area contributed by atoms with E-state index in [1.807, 2.05) is 54.6 Å². The van der Waals surface area contributed by atoms with Gasteiger partial charge in [0.2, 0.25) is 0 Å². The van der Waals surface area contributed by atoms with Gasteiger partial charge in [-0.15, -0.1) is 0 Å². The molecule has 0 saturated heterocycles. The van der Waals surface area contributed by atoms with Crippen LogP contribution in [0.15, 0.2) is 168 Å². The Hall–Kier alpha value is -6.96. The molecule has 248 valence electrons. The van der Waals surface area contributed by atoms with Crippen LogP contribution in [0.3, 0.4) is 0 Å². The van der Waals surface area contributed by atoms with Crippen LogP contribution >= 0.6 is 11.3 Å². The molecule has 0 atom stereocenters. The molecule has 4 aromatic heterocycles. The van der Waals surface area contributed by atoms with Crippen molar-refractivity contribution >= 4 is 65.3 Å². The third-order valence-corrected chi connectivity index (χ3v) is 10.9. The lowest BCUT2D eigenvalue weighted by atomic mass is 10.0. The Labute approximate surface area is 307 Å². The van der Waals surface area contributed by atoms with Crippen LogP contribution in [0.2, 0.25) is 0 Å². The van der Waals surface area contributed by atoms with Gasteiger partial charge in [0, 0.05) is 38.2 Å². The molecule has 0 aliphatic heterocycles. The van der Waals surface area contributed by atoms with E-state index in [-0.39, 0.29) is 0 Å². The second-order valence-corrected chi connectivity index (χ2v) is 14.1. The number of rotatable bonds is 5. The average molecular weight is 698 g/mol. The number of nitrogens with zero attached hydrogens (tertiary/aromatic N) is 5. The first-order chi connectivity index (χ1) is 26.2. The number of benzene rings is 7. The Balaban J connectivity index is 1.10. The summed E-state index contributed by atoms with van der Waals surface area (Å²) >= 11 is 1.69. The maximum atomic E-state index is 6.23. The molecule has 0 aliphatic carbocycles. The highest BCUT2D eigenvalue weighted by molar-refractivity contribution is 7.20. The molecule has 4 heterocycles. The molecular weight excluding hydrogens is 671 g/mol.